The maximum atomic E-state index is 8.93. The van der Waals surface area contributed by atoms with Crippen LogP contribution in [0.3, 0.4) is 0 Å². The van der Waals surface area contributed by atoms with Gasteiger partial charge in [0.1, 0.15) is 5.54 Å². The molecular formula is C8H15N3O. The highest BCUT2D eigenvalue weighted by Crippen LogP contribution is 2.20. The first-order valence-corrected chi connectivity index (χ1v) is 4.15. The Balaban J connectivity index is 2.49. The fourth-order valence-corrected chi connectivity index (χ4v) is 1.47. The van der Waals surface area contributed by atoms with Crippen molar-refractivity contribution in [3.8, 4) is 6.07 Å². The van der Waals surface area contributed by atoms with Gasteiger partial charge in [0.25, 0.3) is 0 Å². The minimum Gasteiger partial charge on any atom is -0.302 e. The second-order valence-electron chi connectivity index (χ2n) is 3.06. The SMILES string of the molecule is CNC1(C#N)CCN(OC)CC1. The summed E-state index contributed by atoms with van der Waals surface area (Å²) in [6, 6.07) is 2.32. The lowest BCUT2D eigenvalue weighted by atomic mass is 9.90. The number of nitrogens with zero attached hydrogens (tertiary/aromatic N) is 2. The Morgan fingerprint density at radius 3 is 2.42 bits per heavy atom. The molecule has 1 aliphatic heterocycles. The molecular weight excluding hydrogens is 154 g/mol. The van der Waals surface area contributed by atoms with Gasteiger partial charge in [0, 0.05) is 13.1 Å². The van der Waals surface area contributed by atoms with Crippen LogP contribution < -0.4 is 5.32 Å². The molecule has 1 N–H and O–H groups in total. The van der Waals surface area contributed by atoms with Gasteiger partial charge in [-0.25, -0.2) is 0 Å². The molecule has 0 amide bonds. The third-order valence-electron chi connectivity index (χ3n) is 2.53. The van der Waals surface area contributed by atoms with Gasteiger partial charge in [0.15, 0.2) is 0 Å². The summed E-state index contributed by atoms with van der Waals surface area (Å²) < 4.78 is 0. The average Bonchev–Trinajstić information content (AvgIpc) is 2.18. The molecule has 1 saturated heterocycles. The Morgan fingerprint density at radius 2 is 2.08 bits per heavy atom. The number of piperidine rings is 1. The van der Waals surface area contributed by atoms with Crippen LogP contribution in [0.15, 0.2) is 0 Å². The predicted molar refractivity (Wildman–Crippen MR) is 45.2 cm³/mol. The van der Waals surface area contributed by atoms with E-state index in [2.05, 4.69) is 11.4 Å². The highest BCUT2D eigenvalue weighted by Gasteiger charge is 2.32. The van der Waals surface area contributed by atoms with Crippen LogP contribution in [0.4, 0.5) is 0 Å². The predicted octanol–water partition coefficient (Wildman–Crippen LogP) is 0.125. The zero-order chi connectivity index (χ0) is 9.03. The number of nitrogens with one attached hydrogen (secondary N) is 1. The molecule has 0 unspecified atom stereocenters. The van der Waals surface area contributed by atoms with Crippen LogP contribution in [0.1, 0.15) is 12.8 Å². The van der Waals surface area contributed by atoms with Crippen molar-refractivity contribution in [3.63, 3.8) is 0 Å². The van der Waals surface area contributed by atoms with Crippen molar-refractivity contribution in [1.29, 1.82) is 5.26 Å². The van der Waals surface area contributed by atoms with Gasteiger partial charge in [-0.3, -0.25) is 0 Å². The van der Waals surface area contributed by atoms with Gasteiger partial charge in [-0.05, 0) is 19.9 Å². The first-order valence-electron chi connectivity index (χ1n) is 4.15. The summed E-state index contributed by atoms with van der Waals surface area (Å²) >= 11 is 0. The maximum Gasteiger partial charge on any atom is 0.109 e. The summed E-state index contributed by atoms with van der Waals surface area (Å²) in [7, 11) is 3.50. The Kier molecular flexibility index (Phi) is 3.04. The van der Waals surface area contributed by atoms with E-state index in [4.69, 9.17) is 10.1 Å². The van der Waals surface area contributed by atoms with E-state index >= 15 is 0 Å². The Bertz CT molecular complexity index is 179. The van der Waals surface area contributed by atoms with E-state index < -0.39 is 0 Å². The van der Waals surface area contributed by atoms with Crippen LogP contribution in [0.5, 0.6) is 0 Å². The Morgan fingerprint density at radius 1 is 1.50 bits per heavy atom. The minimum atomic E-state index is -0.324. The topological polar surface area (TPSA) is 48.3 Å². The molecule has 4 heteroatoms. The molecule has 68 valence electrons. The number of hydroxylamine groups is 2. The van der Waals surface area contributed by atoms with Crippen LogP contribution in [0.25, 0.3) is 0 Å². The summed E-state index contributed by atoms with van der Waals surface area (Å²) in [5.74, 6) is 0. The fourth-order valence-electron chi connectivity index (χ4n) is 1.47. The first kappa shape index (κ1) is 9.46. The Hall–Kier alpha value is -0.630. The number of nitriles is 1. The lowest BCUT2D eigenvalue weighted by molar-refractivity contribution is -0.148. The molecule has 0 aliphatic carbocycles. The molecule has 0 spiro atoms. The second-order valence-corrected chi connectivity index (χ2v) is 3.06. The van der Waals surface area contributed by atoms with E-state index in [1.54, 1.807) is 7.11 Å². The number of hydrogen-bond acceptors (Lipinski definition) is 4. The fraction of sp³-hybridized carbons (Fsp3) is 0.875. The summed E-state index contributed by atoms with van der Waals surface area (Å²) in [6.07, 6.45) is 1.65. The van der Waals surface area contributed by atoms with Crippen molar-refractivity contribution in [2.75, 3.05) is 27.2 Å². The van der Waals surface area contributed by atoms with Gasteiger partial charge in [-0.15, -0.1) is 0 Å². The van der Waals surface area contributed by atoms with Crippen molar-refractivity contribution in [2.24, 2.45) is 0 Å². The lowest BCUT2D eigenvalue weighted by Crippen LogP contribution is -2.50. The van der Waals surface area contributed by atoms with Crippen LogP contribution in [-0.4, -0.2) is 37.8 Å². The quantitative estimate of drug-likeness (QED) is 0.638. The number of rotatable bonds is 2. The molecule has 0 aromatic rings. The summed E-state index contributed by atoms with van der Waals surface area (Å²) in [4.78, 5) is 5.07. The van der Waals surface area contributed by atoms with Gasteiger partial charge in [-0.1, -0.05) is 0 Å². The molecule has 1 fully saturated rings. The van der Waals surface area contributed by atoms with Crippen molar-refractivity contribution < 1.29 is 4.84 Å². The molecule has 0 aromatic heterocycles. The van der Waals surface area contributed by atoms with E-state index in [9.17, 15) is 0 Å². The van der Waals surface area contributed by atoms with Gasteiger partial charge in [0.05, 0.1) is 13.2 Å². The molecule has 1 rings (SSSR count). The minimum absolute atomic E-state index is 0.324. The molecule has 1 aliphatic rings. The average molecular weight is 169 g/mol. The standard InChI is InChI=1S/C8H15N3O/c1-10-8(7-9)3-5-11(12-2)6-4-8/h10H,3-6H2,1-2H3. The number of hydrogen-bond donors (Lipinski definition) is 1. The van der Waals surface area contributed by atoms with E-state index in [0.717, 1.165) is 25.9 Å². The second kappa shape index (κ2) is 3.85. The van der Waals surface area contributed by atoms with Crippen molar-refractivity contribution in [1.82, 2.24) is 10.4 Å². The van der Waals surface area contributed by atoms with Gasteiger partial charge in [-0.2, -0.15) is 10.3 Å². The molecule has 1 heterocycles. The molecule has 0 bridgehead atoms. The molecule has 0 atom stereocenters. The van der Waals surface area contributed by atoms with Crippen LogP contribution in [0, 0.1) is 11.3 Å². The third kappa shape index (κ3) is 1.75. The van der Waals surface area contributed by atoms with Crippen LogP contribution in [0.2, 0.25) is 0 Å². The van der Waals surface area contributed by atoms with Crippen LogP contribution >= 0.6 is 0 Å². The van der Waals surface area contributed by atoms with E-state index in [1.807, 2.05) is 12.1 Å². The summed E-state index contributed by atoms with van der Waals surface area (Å²) in [5.41, 5.74) is -0.324. The normalized spacial score (nSPS) is 23.4. The van der Waals surface area contributed by atoms with E-state index in [1.165, 1.54) is 0 Å². The highest BCUT2D eigenvalue weighted by molar-refractivity contribution is 5.08. The van der Waals surface area contributed by atoms with Gasteiger partial charge in [0.2, 0.25) is 0 Å². The van der Waals surface area contributed by atoms with Gasteiger partial charge >= 0.3 is 0 Å². The molecule has 12 heavy (non-hydrogen) atoms. The smallest absolute Gasteiger partial charge is 0.109 e. The van der Waals surface area contributed by atoms with E-state index in [-0.39, 0.29) is 5.54 Å². The van der Waals surface area contributed by atoms with Crippen LogP contribution in [-0.2, 0) is 4.84 Å². The van der Waals surface area contributed by atoms with E-state index in [0.29, 0.717) is 0 Å². The monoisotopic (exact) mass is 169 g/mol. The van der Waals surface area contributed by atoms with Gasteiger partial charge < -0.3 is 10.2 Å². The zero-order valence-corrected chi connectivity index (χ0v) is 7.63. The Labute approximate surface area is 73.1 Å². The highest BCUT2D eigenvalue weighted by atomic mass is 16.7. The lowest BCUT2D eigenvalue weighted by Gasteiger charge is -2.35. The van der Waals surface area contributed by atoms with Crippen molar-refractivity contribution >= 4 is 0 Å². The summed E-state index contributed by atoms with van der Waals surface area (Å²) in [6.45, 7) is 1.65. The third-order valence-corrected chi connectivity index (χ3v) is 2.53. The first-order chi connectivity index (χ1) is 5.76. The zero-order valence-electron chi connectivity index (χ0n) is 7.63. The molecule has 0 aromatic carbocycles. The molecule has 4 nitrogen and oxygen atoms in total. The molecule has 0 saturated carbocycles. The summed E-state index contributed by atoms with van der Waals surface area (Å²) in [5, 5.41) is 13.9. The van der Waals surface area contributed by atoms with Crippen molar-refractivity contribution in [2.45, 2.75) is 18.4 Å². The molecule has 0 radical (unpaired) electrons. The van der Waals surface area contributed by atoms with Crippen molar-refractivity contribution in [3.05, 3.63) is 0 Å². The maximum absolute atomic E-state index is 8.93. The largest absolute Gasteiger partial charge is 0.302 e.